The van der Waals surface area contributed by atoms with Crippen LogP contribution in [0.3, 0.4) is 0 Å². The summed E-state index contributed by atoms with van der Waals surface area (Å²) in [4.78, 5) is 0. The first kappa shape index (κ1) is 11.9. The number of sulfone groups is 1. The van der Waals surface area contributed by atoms with E-state index in [1.807, 2.05) is 0 Å². The third-order valence-corrected chi connectivity index (χ3v) is 3.55. The van der Waals surface area contributed by atoms with Gasteiger partial charge in [-0.25, -0.2) is 8.42 Å². The Labute approximate surface area is 85.6 Å². The monoisotopic (exact) mass is 221 g/mol. The summed E-state index contributed by atoms with van der Waals surface area (Å²) in [6.07, 6.45) is 4.90. The lowest BCUT2D eigenvalue weighted by atomic mass is 9.93. The minimum Gasteiger partial charge on any atom is -0.392 e. The van der Waals surface area contributed by atoms with Crippen molar-refractivity contribution in [3.8, 4) is 0 Å². The summed E-state index contributed by atoms with van der Waals surface area (Å²) in [5.41, 5.74) is 0. The Balaban J connectivity index is 2.23. The highest BCUT2D eigenvalue weighted by atomic mass is 32.2. The molecular weight excluding hydrogens is 202 g/mol. The van der Waals surface area contributed by atoms with E-state index in [9.17, 15) is 13.5 Å². The fraction of sp³-hybridized carbons (Fsp3) is 1.00. The molecule has 0 saturated heterocycles. The van der Waals surface area contributed by atoms with E-state index in [0.717, 1.165) is 25.7 Å². The summed E-state index contributed by atoms with van der Waals surface area (Å²) in [6, 6.07) is 0.0884. The van der Waals surface area contributed by atoms with Crippen molar-refractivity contribution >= 4 is 9.84 Å². The lowest BCUT2D eigenvalue weighted by Gasteiger charge is -2.28. The summed E-state index contributed by atoms with van der Waals surface area (Å²) in [5, 5.41) is 12.7. The van der Waals surface area contributed by atoms with E-state index in [2.05, 4.69) is 5.32 Å². The van der Waals surface area contributed by atoms with Gasteiger partial charge in [-0.2, -0.15) is 0 Å². The first-order valence-corrected chi connectivity index (χ1v) is 7.14. The summed E-state index contributed by atoms with van der Waals surface area (Å²) in [5.74, 6) is 0.149. The molecule has 1 aliphatic rings. The van der Waals surface area contributed by atoms with Gasteiger partial charge in [0.1, 0.15) is 9.84 Å². The first-order chi connectivity index (χ1) is 6.49. The smallest absolute Gasteiger partial charge is 0.148 e. The van der Waals surface area contributed by atoms with Crippen LogP contribution in [0.1, 0.15) is 25.7 Å². The van der Waals surface area contributed by atoms with Crippen molar-refractivity contribution in [2.75, 3.05) is 18.6 Å². The normalized spacial score (nSPS) is 29.0. The van der Waals surface area contributed by atoms with Gasteiger partial charge >= 0.3 is 0 Å². The molecule has 1 fully saturated rings. The molecule has 0 spiro atoms. The number of hydrogen-bond acceptors (Lipinski definition) is 4. The second kappa shape index (κ2) is 5.09. The van der Waals surface area contributed by atoms with Gasteiger partial charge in [0.05, 0.1) is 11.9 Å². The van der Waals surface area contributed by atoms with Crippen LogP contribution in [0.2, 0.25) is 0 Å². The van der Waals surface area contributed by atoms with Crippen LogP contribution in [-0.4, -0.2) is 44.2 Å². The molecule has 14 heavy (non-hydrogen) atoms. The SMILES string of the molecule is CS(=O)(=O)CCN[C@H]1CCCC[C@@H]1O. The van der Waals surface area contributed by atoms with E-state index < -0.39 is 9.84 Å². The van der Waals surface area contributed by atoms with Gasteiger partial charge in [-0.05, 0) is 12.8 Å². The molecule has 1 aliphatic carbocycles. The zero-order valence-corrected chi connectivity index (χ0v) is 9.39. The van der Waals surface area contributed by atoms with Gasteiger partial charge in [0.25, 0.3) is 0 Å². The molecule has 0 aliphatic heterocycles. The second-order valence-corrected chi connectivity index (χ2v) is 6.30. The minimum absolute atomic E-state index is 0.0884. The fourth-order valence-corrected chi connectivity index (χ4v) is 2.27. The molecule has 0 bridgehead atoms. The number of nitrogens with one attached hydrogen (secondary N) is 1. The topological polar surface area (TPSA) is 66.4 Å². The Kier molecular flexibility index (Phi) is 4.34. The van der Waals surface area contributed by atoms with Crippen molar-refractivity contribution in [2.45, 2.75) is 37.8 Å². The van der Waals surface area contributed by atoms with E-state index in [-0.39, 0.29) is 17.9 Å². The van der Waals surface area contributed by atoms with E-state index in [0.29, 0.717) is 6.54 Å². The Morgan fingerprint density at radius 2 is 2.00 bits per heavy atom. The predicted molar refractivity (Wildman–Crippen MR) is 56.0 cm³/mol. The Bertz CT molecular complexity index is 263. The molecule has 0 amide bonds. The largest absolute Gasteiger partial charge is 0.392 e. The highest BCUT2D eigenvalue weighted by Crippen LogP contribution is 2.17. The van der Waals surface area contributed by atoms with Gasteiger partial charge < -0.3 is 10.4 Å². The molecule has 4 nitrogen and oxygen atoms in total. The van der Waals surface area contributed by atoms with Gasteiger partial charge in [-0.1, -0.05) is 12.8 Å². The van der Waals surface area contributed by atoms with Crippen molar-refractivity contribution in [3.63, 3.8) is 0 Å². The maximum atomic E-state index is 10.9. The van der Waals surface area contributed by atoms with E-state index in [4.69, 9.17) is 0 Å². The van der Waals surface area contributed by atoms with Crippen LogP contribution < -0.4 is 5.32 Å². The number of hydrogen-bond donors (Lipinski definition) is 2. The van der Waals surface area contributed by atoms with E-state index in [1.54, 1.807) is 0 Å². The zero-order valence-electron chi connectivity index (χ0n) is 8.57. The Hall–Kier alpha value is -0.130. The van der Waals surface area contributed by atoms with Crippen molar-refractivity contribution in [1.82, 2.24) is 5.32 Å². The molecule has 0 radical (unpaired) electrons. The fourth-order valence-electron chi connectivity index (χ4n) is 1.78. The molecule has 2 N–H and O–H groups in total. The number of aliphatic hydroxyl groups is 1. The summed E-state index contributed by atoms with van der Waals surface area (Å²) < 4.78 is 21.7. The van der Waals surface area contributed by atoms with Gasteiger partial charge in [0, 0.05) is 18.8 Å². The van der Waals surface area contributed by atoms with E-state index >= 15 is 0 Å². The number of rotatable bonds is 4. The molecule has 1 rings (SSSR count). The second-order valence-electron chi connectivity index (χ2n) is 4.04. The molecule has 2 atom stereocenters. The average molecular weight is 221 g/mol. The average Bonchev–Trinajstić information content (AvgIpc) is 2.06. The van der Waals surface area contributed by atoms with Crippen LogP contribution in [0, 0.1) is 0 Å². The highest BCUT2D eigenvalue weighted by molar-refractivity contribution is 7.90. The maximum Gasteiger partial charge on any atom is 0.148 e. The van der Waals surface area contributed by atoms with Crippen LogP contribution in [0.4, 0.5) is 0 Å². The summed E-state index contributed by atoms with van der Waals surface area (Å²) >= 11 is 0. The third-order valence-electron chi connectivity index (χ3n) is 2.61. The van der Waals surface area contributed by atoms with Crippen LogP contribution in [-0.2, 0) is 9.84 Å². The first-order valence-electron chi connectivity index (χ1n) is 5.08. The predicted octanol–water partition coefficient (Wildman–Crippen LogP) is -0.0759. The van der Waals surface area contributed by atoms with Crippen LogP contribution >= 0.6 is 0 Å². The summed E-state index contributed by atoms with van der Waals surface area (Å²) in [7, 11) is -2.89. The molecule has 84 valence electrons. The lowest BCUT2D eigenvalue weighted by molar-refractivity contribution is 0.0921. The Morgan fingerprint density at radius 3 is 2.57 bits per heavy atom. The van der Waals surface area contributed by atoms with Gasteiger partial charge in [-0.15, -0.1) is 0 Å². The van der Waals surface area contributed by atoms with Crippen molar-refractivity contribution in [2.24, 2.45) is 0 Å². The molecular formula is C9H19NO3S. The molecule has 5 heteroatoms. The molecule has 0 aromatic heterocycles. The van der Waals surface area contributed by atoms with Crippen LogP contribution in [0.15, 0.2) is 0 Å². The molecule has 1 saturated carbocycles. The van der Waals surface area contributed by atoms with Crippen molar-refractivity contribution in [1.29, 1.82) is 0 Å². The quantitative estimate of drug-likeness (QED) is 0.697. The molecule has 0 unspecified atom stereocenters. The van der Waals surface area contributed by atoms with Crippen molar-refractivity contribution < 1.29 is 13.5 Å². The standard InChI is InChI=1S/C9H19NO3S/c1-14(12,13)7-6-10-8-4-2-3-5-9(8)11/h8-11H,2-7H2,1H3/t8-,9-/m0/s1. The highest BCUT2D eigenvalue weighted by Gasteiger charge is 2.22. The maximum absolute atomic E-state index is 10.9. The van der Waals surface area contributed by atoms with Crippen molar-refractivity contribution in [3.05, 3.63) is 0 Å². The number of aliphatic hydroxyl groups excluding tert-OH is 1. The molecule has 0 aromatic rings. The minimum atomic E-state index is -2.89. The zero-order chi connectivity index (χ0) is 10.6. The molecule has 0 aromatic carbocycles. The van der Waals surface area contributed by atoms with Crippen LogP contribution in [0.5, 0.6) is 0 Å². The summed E-state index contributed by atoms with van der Waals surface area (Å²) in [6.45, 7) is 0.445. The van der Waals surface area contributed by atoms with E-state index in [1.165, 1.54) is 6.26 Å². The Morgan fingerprint density at radius 1 is 1.36 bits per heavy atom. The van der Waals surface area contributed by atoms with Gasteiger partial charge in [-0.3, -0.25) is 0 Å². The van der Waals surface area contributed by atoms with Gasteiger partial charge in [0.15, 0.2) is 0 Å². The van der Waals surface area contributed by atoms with Crippen LogP contribution in [0.25, 0.3) is 0 Å². The molecule has 0 heterocycles. The lowest BCUT2D eigenvalue weighted by Crippen LogP contribution is -2.43. The third kappa shape index (κ3) is 4.39. The van der Waals surface area contributed by atoms with Gasteiger partial charge in [0.2, 0.25) is 0 Å².